The molecule has 1 amide bonds. The van der Waals surface area contributed by atoms with Crippen molar-refractivity contribution in [1.29, 1.82) is 0 Å². The number of quaternary nitrogens is 1. The van der Waals surface area contributed by atoms with Gasteiger partial charge in [-0.05, 0) is 57.8 Å². The third kappa shape index (κ3) is 44.5. The van der Waals surface area contributed by atoms with Gasteiger partial charge in [-0.2, -0.15) is 0 Å². The number of aliphatic hydroxyl groups excluding tert-OH is 1. The Morgan fingerprint density at radius 2 is 0.967 bits per heavy atom. The number of likely N-dealkylation sites (N-methyl/N-ethyl adjacent to an activating group) is 1. The first kappa shape index (κ1) is 58.5. The van der Waals surface area contributed by atoms with Crippen LogP contribution < -0.4 is 10.2 Å². The highest BCUT2D eigenvalue weighted by Crippen LogP contribution is 2.38. The van der Waals surface area contributed by atoms with Gasteiger partial charge in [0.1, 0.15) is 13.2 Å². The highest BCUT2D eigenvalue weighted by atomic mass is 31.2. The second-order valence-electron chi connectivity index (χ2n) is 18.2. The van der Waals surface area contributed by atoms with Crippen molar-refractivity contribution in [3.05, 3.63) is 48.6 Å². The zero-order valence-electron chi connectivity index (χ0n) is 39.9. The molecule has 0 aliphatic heterocycles. The van der Waals surface area contributed by atoms with Crippen molar-refractivity contribution in [3.8, 4) is 0 Å². The molecule has 9 heteroatoms. The fourth-order valence-electron chi connectivity index (χ4n) is 7.04. The lowest BCUT2D eigenvalue weighted by Crippen LogP contribution is -2.45. The van der Waals surface area contributed by atoms with Gasteiger partial charge in [0.05, 0.1) is 39.9 Å². The van der Waals surface area contributed by atoms with Crippen LogP contribution in [0.3, 0.4) is 0 Å². The van der Waals surface area contributed by atoms with Crippen LogP contribution in [0, 0.1) is 0 Å². The van der Waals surface area contributed by atoms with E-state index >= 15 is 0 Å². The molecule has 0 radical (unpaired) electrons. The number of unbranched alkanes of at least 4 members (excludes halogenated alkanes) is 26. The van der Waals surface area contributed by atoms with Crippen molar-refractivity contribution >= 4 is 13.7 Å². The number of amides is 1. The van der Waals surface area contributed by atoms with Crippen LogP contribution in [0.15, 0.2) is 48.6 Å². The quantitative estimate of drug-likeness (QED) is 0.0273. The van der Waals surface area contributed by atoms with Crippen LogP contribution in [0.2, 0.25) is 0 Å². The molecule has 0 spiro atoms. The van der Waals surface area contributed by atoms with Gasteiger partial charge in [-0.25, -0.2) is 0 Å². The van der Waals surface area contributed by atoms with Crippen LogP contribution in [-0.4, -0.2) is 68.5 Å². The van der Waals surface area contributed by atoms with Crippen LogP contribution in [0.5, 0.6) is 0 Å². The van der Waals surface area contributed by atoms with E-state index in [1.807, 2.05) is 27.2 Å². The van der Waals surface area contributed by atoms with Crippen molar-refractivity contribution in [1.82, 2.24) is 5.32 Å². The molecule has 0 aromatic heterocycles. The Bertz CT molecular complexity index is 1120. The first-order chi connectivity index (χ1) is 29.0. The second kappa shape index (κ2) is 42.7. The van der Waals surface area contributed by atoms with E-state index in [0.29, 0.717) is 17.4 Å². The molecule has 2 N–H and O–H groups in total. The number of allylic oxidation sites excluding steroid dienone is 7. The van der Waals surface area contributed by atoms with Gasteiger partial charge < -0.3 is 28.8 Å². The van der Waals surface area contributed by atoms with E-state index in [-0.39, 0.29) is 19.1 Å². The molecule has 0 heterocycles. The number of aliphatic hydroxyl groups is 1. The van der Waals surface area contributed by atoms with Crippen molar-refractivity contribution in [2.75, 3.05) is 40.9 Å². The summed E-state index contributed by atoms with van der Waals surface area (Å²) in [6.45, 7) is 4.52. The Hall–Kier alpha value is -1.54. The molecule has 0 bridgehead atoms. The molecule has 0 aromatic rings. The molecule has 0 aromatic carbocycles. The van der Waals surface area contributed by atoms with Gasteiger partial charge in [0.15, 0.2) is 0 Å². The Morgan fingerprint density at radius 1 is 0.583 bits per heavy atom. The maximum atomic E-state index is 12.8. The highest BCUT2D eigenvalue weighted by Gasteiger charge is 2.23. The number of hydrogen-bond acceptors (Lipinski definition) is 6. The topological polar surface area (TPSA) is 108 Å². The van der Waals surface area contributed by atoms with Gasteiger partial charge in [0.25, 0.3) is 7.82 Å². The minimum absolute atomic E-state index is 0.00198. The number of carbonyl (C=O) groups is 1. The molecule has 3 unspecified atom stereocenters. The summed E-state index contributed by atoms with van der Waals surface area (Å²) in [4.78, 5) is 25.1. The molecule has 352 valence electrons. The Labute approximate surface area is 371 Å². The summed E-state index contributed by atoms with van der Waals surface area (Å²) >= 11 is 0. The molecular weight excluding hydrogens is 768 g/mol. The van der Waals surface area contributed by atoms with E-state index in [4.69, 9.17) is 9.05 Å². The Morgan fingerprint density at radius 3 is 1.43 bits per heavy atom. The fraction of sp³-hybridized carbons (Fsp3) is 0.824. The van der Waals surface area contributed by atoms with Gasteiger partial charge in [-0.3, -0.25) is 9.36 Å². The summed E-state index contributed by atoms with van der Waals surface area (Å²) in [7, 11) is 1.26. The van der Waals surface area contributed by atoms with Crippen LogP contribution in [0.1, 0.15) is 219 Å². The molecule has 0 fully saturated rings. The number of nitrogens with zero attached hydrogens (tertiary/aromatic N) is 1. The molecule has 0 saturated carbocycles. The summed E-state index contributed by atoms with van der Waals surface area (Å²) in [5.74, 6) is -0.204. The molecule has 0 aliphatic carbocycles. The van der Waals surface area contributed by atoms with Crippen molar-refractivity contribution in [2.24, 2.45) is 0 Å². The van der Waals surface area contributed by atoms with Crippen molar-refractivity contribution in [3.63, 3.8) is 0 Å². The standard InChI is InChI=1S/C51H97N2O6P/c1-6-8-10-12-13-14-15-16-17-18-19-20-21-22-23-24-25-26-27-28-29-30-31-32-33-34-35-36-37-38-39-41-43-45-51(55)52-49(50(54)44-42-40-11-9-7-2)48-59-60(56,57)58-47-46-53(3,4)5/h15-16,18-19,21-22,42,44,49-50,54H,6-14,17,20,23-41,43,45-48H2,1-5H3,(H-,52,55,56,57)/b16-15-,19-18-,22-21-,44-42+. The smallest absolute Gasteiger partial charge is 0.268 e. The molecule has 0 saturated heterocycles. The predicted octanol–water partition coefficient (Wildman–Crippen LogP) is 13.8. The average molecular weight is 865 g/mol. The molecule has 8 nitrogen and oxygen atoms in total. The first-order valence-electron chi connectivity index (χ1n) is 25.0. The summed E-state index contributed by atoms with van der Waals surface area (Å²) in [5.41, 5.74) is 0. The lowest BCUT2D eigenvalue weighted by Gasteiger charge is -2.29. The van der Waals surface area contributed by atoms with E-state index in [0.717, 1.165) is 57.8 Å². The number of nitrogens with one attached hydrogen (secondary N) is 1. The maximum Gasteiger partial charge on any atom is 0.268 e. The zero-order chi connectivity index (χ0) is 44.3. The number of phosphoric acid groups is 1. The third-order valence-electron chi connectivity index (χ3n) is 11.0. The van der Waals surface area contributed by atoms with Gasteiger partial charge in [0.2, 0.25) is 5.91 Å². The minimum Gasteiger partial charge on any atom is -0.756 e. The van der Waals surface area contributed by atoms with Gasteiger partial charge >= 0.3 is 0 Å². The average Bonchev–Trinajstić information content (AvgIpc) is 3.20. The molecule has 3 atom stereocenters. The second-order valence-corrected chi connectivity index (χ2v) is 19.6. The summed E-state index contributed by atoms with van der Waals surface area (Å²) in [5, 5.41) is 13.6. The number of rotatable bonds is 45. The highest BCUT2D eigenvalue weighted by molar-refractivity contribution is 7.45. The first-order valence-corrected chi connectivity index (χ1v) is 26.5. The van der Waals surface area contributed by atoms with Crippen LogP contribution >= 0.6 is 7.82 Å². The number of phosphoric ester groups is 1. The maximum absolute atomic E-state index is 12.8. The Kier molecular flexibility index (Phi) is 41.6. The van der Waals surface area contributed by atoms with E-state index in [2.05, 4.69) is 55.6 Å². The predicted molar refractivity (Wildman–Crippen MR) is 256 cm³/mol. The normalized spacial score (nSPS) is 14.6. The molecule has 0 aliphatic rings. The van der Waals surface area contributed by atoms with E-state index < -0.39 is 20.0 Å². The van der Waals surface area contributed by atoms with Gasteiger partial charge in [0, 0.05) is 6.42 Å². The van der Waals surface area contributed by atoms with Crippen molar-refractivity contribution < 1.29 is 32.9 Å². The summed E-state index contributed by atoms with van der Waals surface area (Å²) in [6.07, 6.45) is 55.3. The SMILES string of the molecule is CCCCC/C=C/C(O)C(COP(=O)([O-])OCC[N+](C)(C)C)NC(=O)CCCCCCCCCCCCCCCCCCCC/C=C\C/C=C\C/C=C\CCCCCCC. The van der Waals surface area contributed by atoms with Crippen molar-refractivity contribution in [2.45, 2.75) is 231 Å². The molecule has 60 heavy (non-hydrogen) atoms. The minimum atomic E-state index is -4.57. The van der Waals surface area contributed by atoms with Crippen LogP contribution in [0.25, 0.3) is 0 Å². The van der Waals surface area contributed by atoms with Gasteiger partial charge in [-0.1, -0.05) is 204 Å². The van der Waals surface area contributed by atoms with Crippen LogP contribution in [-0.2, 0) is 18.4 Å². The molecular formula is C51H97N2O6P. The lowest BCUT2D eigenvalue weighted by molar-refractivity contribution is -0.870. The number of hydrogen-bond donors (Lipinski definition) is 2. The van der Waals surface area contributed by atoms with E-state index in [9.17, 15) is 19.4 Å². The monoisotopic (exact) mass is 865 g/mol. The molecule has 0 rings (SSSR count). The Balaban J connectivity index is 3.82. The largest absolute Gasteiger partial charge is 0.756 e. The summed E-state index contributed by atoms with van der Waals surface area (Å²) in [6, 6.07) is -0.881. The van der Waals surface area contributed by atoms with E-state index in [1.165, 1.54) is 141 Å². The van der Waals surface area contributed by atoms with Crippen LogP contribution in [0.4, 0.5) is 0 Å². The van der Waals surface area contributed by atoms with E-state index in [1.54, 1.807) is 6.08 Å². The fourth-order valence-corrected chi connectivity index (χ4v) is 7.76. The zero-order valence-corrected chi connectivity index (χ0v) is 40.8. The van der Waals surface area contributed by atoms with Gasteiger partial charge in [-0.15, -0.1) is 0 Å². The summed E-state index contributed by atoms with van der Waals surface area (Å²) < 4.78 is 23.0. The lowest BCUT2D eigenvalue weighted by atomic mass is 10.0. The third-order valence-corrected chi connectivity index (χ3v) is 12.0. The number of carbonyl (C=O) groups excluding carboxylic acids is 1.